The first-order chi connectivity index (χ1) is 7.17. The van der Waals surface area contributed by atoms with Crippen molar-refractivity contribution < 1.29 is 10.0 Å². The first-order valence-corrected chi connectivity index (χ1v) is 4.24. The lowest BCUT2D eigenvalue weighted by molar-refractivity contribution is 0.254. The van der Waals surface area contributed by atoms with E-state index in [1.807, 2.05) is 0 Å². The largest absolute Gasteiger partial charge is 0.409 e. The molecule has 0 aromatic heterocycles. The number of nitrogens with zero attached hydrogens (tertiary/aromatic N) is 1. The van der Waals surface area contributed by atoms with E-state index in [-0.39, 0.29) is 11.9 Å². The molecule has 0 saturated carbocycles. The Hall–Kier alpha value is -2.24. The highest BCUT2D eigenvalue weighted by atomic mass is 16.4. The molecule has 1 rings (SSSR count). The molecule has 1 aromatic rings. The van der Waals surface area contributed by atoms with Gasteiger partial charge in [-0.25, -0.2) is 4.79 Å². The van der Waals surface area contributed by atoms with E-state index in [1.54, 1.807) is 24.3 Å². The Morgan fingerprint density at radius 3 is 2.87 bits per heavy atom. The molecule has 5 N–H and O–H groups in total. The molecule has 0 aliphatic heterocycles. The van der Waals surface area contributed by atoms with Crippen molar-refractivity contribution in [3.05, 3.63) is 29.8 Å². The summed E-state index contributed by atoms with van der Waals surface area (Å²) < 4.78 is 0. The number of rotatable bonds is 2. The van der Waals surface area contributed by atoms with Crippen LogP contribution in [-0.4, -0.2) is 24.1 Å². The monoisotopic (exact) mass is 208 g/mol. The minimum absolute atomic E-state index is 0.00411. The molecule has 80 valence electrons. The van der Waals surface area contributed by atoms with Crippen LogP contribution in [0.4, 0.5) is 10.5 Å². The van der Waals surface area contributed by atoms with Crippen molar-refractivity contribution >= 4 is 17.6 Å². The number of anilines is 1. The number of carbonyl (C=O) groups is 1. The van der Waals surface area contributed by atoms with Crippen molar-refractivity contribution in [3.8, 4) is 0 Å². The summed E-state index contributed by atoms with van der Waals surface area (Å²) in [5.41, 5.74) is 6.50. The third-order valence-corrected chi connectivity index (χ3v) is 1.75. The van der Waals surface area contributed by atoms with E-state index in [1.165, 1.54) is 7.05 Å². The Morgan fingerprint density at radius 2 is 2.27 bits per heavy atom. The third-order valence-electron chi connectivity index (χ3n) is 1.75. The highest BCUT2D eigenvalue weighted by molar-refractivity contribution is 5.98. The van der Waals surface area contributed by atoms with E-state index in [4.69, 9.17) is 10.9 Å². The van der Waals surface area contributed by atoms with Crippen molar-refractivity contribution in [1.29, 1.82) is 0 Å². The van der Waals surface area contributed by atoms with E-state index >= 15 is 0 Å². The first kappa shape index (κ1) is 10.8. The average molecular weight is 208 g/mol. The van der Waals surface area contributed by atoms with Crippen molar-refractivity contribution in [2.45, 2.75) is 0 Å². The number of benzene rings is 1. The quantitative estimate of drug-likeness (QED) is 0.247. The summed E-state index contributed by atoms with van der Waals surface area (Å²) in [4.78, 5) is 11.0. The van der Waals surface area contributed by atoms with Gasteiger partial charge in [0.05, 0.1) is 0 Å². The molecular formula is C9H12N4O2. The maximum absolute atomic E-state index is 11.0. The van der Waals surface area contributed by atoms with Crippen LogP contribution in [0.2, 0.25) is 0 Å². The zero-order valence-corrected chi connectivity index (χ0v) is 8.19. The second-order valence-corrected chi connectivity index (χ2v) is 2.77. The van der Waals surface area contributed by atoms with Gasteiger partial charge in [-0.05, 0) is 12.1 Å². The van der Waals surface area contributed by atoms with Gasteiger partial charge in [-0.1, -0.05) is 17.3 Å². The van der Waals surface area contributed by atoms with Crippen LogP contribution in [0.3, 0.4) is 0 Å². The van der Waals surface area contributed by atoms with Gasteiger partial charge in [0.25, 0.3) is 0 Å². The molecule has 2 amide bonds. The van der Waals surface area contributed by atoms with Crippen molar-refractivity contribution in [3.63, 3.8) is 0 Å². The lowest BCUT2D eigenvalue weighted by Crippen LogP contribution is -2.24. The van der Waals surface area contributed by atoms with Crippen LogP contribution >= 0.6 is 0 Å². The van der Waals surface area contributed by atoms with Crippen molar-refractivity contribution in [1.82, 2.24) is 5.32 Å². The second kappa shape index (κ2) is 4.85. The molecule has 0 saturated heterocycles. The fourth-order valence-electron chi connectivity index (χ4n) is 1.01. The van der Waals surface area contributed by atoms with Gasteiger partial charge < -0.3 is 21.6 Å². The molecule has 0 unspecified atom stereocenters. The summed E-state index contributed by atoms with van der Waals surface area (Å²) in [6, 6.07) is 6.34. The number of hydrogen-bond acceptors (Lipinski definition) is 3. The maximum atomic E-state index is 11.0. The summed E-state index contributed by atoms with van der Waals surface area (Å²) in [6.45, 7) is 0. The van der Waals surface area contributed by atoms with E-state index < -0.39 is 0 Å². The minimum atomic E-state index is -0.327. The smallest absolute Gasteiger partial charge is 0.318 e. The summed E-state index contributed by atoms with van der Waals surface area (Å²) in [5, 5.41) is 16.3. The average Bonchev–Trinajstić information content (AvgIpc) is 2.28. The van der Waals surface area contributed by atoms with E-state index in [2.05, 4.69) is 15.8 Å². The molecule has 0 aliphatic carbocycles. The van der Waals surface area contributed by atoms with Gasteiger partial charge in [-0.2, -0.15) is 0 Å². The zero-order chi connectivity index (χ0) is 11.3. The van der Waals surface area contributed by atoms with Gasteiger partial charge >= 0.3 is 6.03 Å². The lowest BCUT2D eigenvalue weighted by Gasteiger charge is -2.05. The summed E-state index contributed by atoms with van der Waals surface area (Å²) >= 11 is 0. The molecule has 0 bridgehead atoms. The zero-order valence-electron chi connectivity index (χ0n) is 8.19. The molecule has 0 atom stereocenters. The Morgan fingerprint density at radius 1 is 1.53 bits per heavy atom. The van der Waals surface area contributed by atoms with Crippen LogP contribution in [0.15, 0.2) is 29.4 Å². The SMILES string of the molecule is CNC(=O)Nc1cccc(/C(N)=N/O)c1. The van der Waals surface area contributed by atoms with Crippen molar-refractivity contribution in [2.75, 3.05) is 12.4 Å². The molecule has 6 nitrogen and oxygen atoms in total. The Balaban J connectivity index is 2.88. The first-order valence-electron chi connectivity index (χ1n) is 4.24. The highest BCUT2D eigenvalue weighted by Crippen LogP contribution is 2.09. The number of amides is 2. The molecule has 0 radical (unpaired) electrons. The lowest BCUT2D eigenvalue weighted by atomic mass is 10.2. The Kier molecular flexibility index (Phi) is 3.50. The number of urea groups is 1. The summed E-state index contributed by atoms with van der Waals surface area (Å²) in [5.74, 6) is -0.00411. The normalized spacial score (nSPS) is 10.9. The molecule has 0 heterocycles. The van der Waals surface area contributed by atoms with Crippen LogP contribution in [0.25, 0.3) is 0 Å². The molecular weight excluding hydrogens is 196 g/mol. The van der Waals surface area contributed by atoms with Gasteiger partial charge in [-0.3, -0.25) is 0 Å². The number of nitrogens with one attached hydrogen (secondary N) is 2. The summed E-state index contributed by atoms with van der Waals surface area (Å²) in [6.07, 6.45) is 0. The molecule has 0 fully saturated rings. The number of nitrogens with two attached hydrogens (primary N) is 1. The number of carbonyl (C=O) groups excluding carboxylic acids is 1. The number of amidine groups is 1. The van der Waals surface area contributed by atoms with E-state index in [0.717, 1.165) is 0 Å². The van der Waals surface area contributed by atoms with E-state index in [0.29, 0.717) is 11.3 Å². The van der Waals surface area contributed by atoms with Crippen LogP contribution < -0.4 is 16.4 Å². The topological polar surface area (TPSA) is 99.7 Å². The fourth-order valence-corrected chi connectivity index (χ4v) is 1.01. The van der Waals surface area contributed by atoms with Gasteiger partial charge in [0.1, 0.15) is 0 Å². The van der Waals surface area contributed by atoms with Crippen LogP contribution in [0, 0.1) is 0 Å². The maximum Gasteiger partial charge on any atom is 0.318 e. The number of oxime groups is 1. The highest BCUT2D eigenvalue weighted by Gasteiger charge is 2.02. The van der Waals surface area contributed by atoms with Crippen molar-refractivity contribution in [2.24, 2.45) is 10.9 Å². The number of hydrogen-bond donors (Lipinski definition) is 4. The fraction of sp³-hybridized carbons (Fsp3) is 0.111. The third kappa shape index (κ3) is 2.87. The Bertz CT molecular complexity index is 389. The van der Waals surface area contributed by atoms with Crippen LogP contribution in [-0.2, 0) is 0 Å². The van der Waals surface area contributed by atoms with Gasteiger partial charge in [0.2, 0.25) is 0 Å². The Labute approximate surface area is 86.8 Å². The molecule has 15 heavy (non-hydrogen) atoms. The standard InChI is InChI=1S/C9H12N4O2/c1-11-9(14)12-7-4-2-3-6(5-7)8(10)13-15/h2-5,15H,1H3,(H2,10,13)(H2,11,12,14). The van der Waals surface area contributed by atoms with Crippen LogP contribution in [0.5, 0.6) is 0 Å². The molecule has 1 aromatic carbocycles. The second-order valence-electron chi connectivity index (χ2n) is 2.77. The van der Waals surface area contributed by atoms with Gasteiger partial charge in [0.15, 0.2) is 5.84 Å². The molecule has 0 spiro atoms. The molecule has 0 aliphatic rings. The van der Waals surface area contributed by atoms with E-state index in [9.17, 15) is 4.79 Å². The summed E-state index contributed by atoms with van der Waals surface area (Å²) in [7, 11) is 1.52. The van der Waals surface area contributed by atoms with Gasteiger partial charge in [-0.15, -0.1) is 0 Å². The van der Waals surface area contributed by atoms with Crippen LogP contribution in [0.1, 0.15) is 5.56 Å². The molecule has 6 heteroatoms. The predicted octanol–water partition coefficient (Wildman–Crippen LogP) is 0.532. The minimum Gasteiger partial charge on any atom is -0.409 e. The van der Waals surface area contributed by atoms with Gasteiger partial charge in [0, 0.05) is 18.3 Å². The predicted molar refractivity (Wildman–Crippen MR) is 57.0 cm³/mol.